The molecule has 6 heteroatoms. The number of benzene rings is 1. The molecule has 3 N–H and O–H groups in total. The summed E-state index contributed by atoms with van der Waals surface area (Å²) < 4.78 is 5.23. The molecule has 0 unspecified atom stereocenters. The Balaban J connectivity index is 2.01. The molecule has 22 heavy (non-hydrogen) atoms. The van der Waals surface area contributed by atoms with Crippen molar-refractivity contribution in [3.05, 3.63) is 23.8 Å². The van der Waals surface area contributed by atoms with Gasteiger partial charge in [0.05, 0.1) is 0 Å². The molecule has 0 radical (unpaired) electrons. The van der Waals surface area contributed by atoms with Crippen molar-refractivity contribution in [2.24, 2.45) is 0 Å². The van der Waals surface area contributed by atoms with Crippen molar-refractivity contribution in [2.45, 2.75) is 32.9 Å². The predicted octanol–water partition coefficient (Wildman–Crippen LogP) is 2.14. The van der Waals surface area contributed by atoms with Crippen LogP contribution in [0.5, 0.6) is 5.75 Å². The van der Waals surface area contributed by atoms with Crippen molar-refractivity contribution < 1.29 is 14.6 Å². The second-order valence-electron chi connectivity index (χ2n) is 6.50. The number of aromatic hydroxyl groups is 1. The number of rotatable bonds is 3. The molecule has 0 spiro atoms. The number of carbonyl (C=O) groups excluding carboxylic acids is 1. The van der Waals surface area contributed by atoms with Crippen LogP contribution in [0.3, 0.4) is 0 Å². The van der Waals surface area contributed by atoms with Crippen LogP contribution < -0.4 is 10.6 Å². The van der Waals surface area contributed by atoms with Crippen LogP contribution in [0.4, 0.5) is 10.5 Å². The summed E-state index contributed by atoms with van der Waals surface area (Å²) in [5, 5.41) is 16.0. The minimum atomic E-state index is -0.537. The summed E-state index contributed by atoms with van der Waals surface area (Å²) in [4.78, 5) is 14.1. The molecule has 2 rings (SSSR count). The van der Waals surface area contributed by atoms with Crippen molar-refractivity contribution in [1.29, 1.82) is 0 Å². The fourth-order valence-electron chi connectivity index (χ4n) is 2.32. The first-order chi connectivity index (χ1) is 10.3. The topological polar surface area (TPSA) is 73.8 Å². The number of anilines is 1. The normalized spacial score (nSPS) is 16.3. The van der Waals surface area contributed by atoms with Gasteiger partial charge in [0.15, 0.2) is 0 Å². The van der Waals surface area contributed by atoms with Crippen LogP contribution in [0.1, 0.15) is 26.3 Å². The summed E-state index contributed by atoms with van der Waals surface area (Å²) in [5.41, 5.74) is 0.887. The lowest BCUT2D eigenvalue weighted by molar-refractivity contribution is 0.0636. The van der Waals surface area contributed by atoms with Crippen molar-refractivity contribution in [3.8, 4) is 5.75 Å². The first-order valence-corrected chi connectivity index (χ1v) is 7.58. The minimum absolute atomic E-state index is 0.244. The Labute approximate surface area is 131 Å². The second kappa shape index (κ2) is 6.98. The van der Waals surface area contributed by atoms with Crippen LogP contribution in [0.15, 0.2) is 18.2 Å². The van der Waals surface area contributed by atoms with E-state index in [1.165, 1.54) is 0 Å². The molecule has 1 aliphatic rings. The maximum absolute atomic E-state index is 11.8. The lowest BCUT2D eigenvalue weighted by atomic mass is 10.1. The maximum Gasteiger partial charge on any atom is 0.412 e. The van der Waals surface area contributed by atoms with Crippen LogP contribution in [0.25, 0.3) is 0 Å². The van der Waals surface area contributed by atoms with Crippen molar-refractivity contribution in [2.75, 3.05) is 31.5 Å². The van der Waals surface area contributed by atoms with E-state index in [0.717, 1.165) is 31.7 Å². The SMILES string of the molecule is CC(C)(C)OC(=O)Nc1ccc(O)c(CN2CCNCC2)c1. The number of amides is 1. The fraction of sp³-hybridized carbons (Fsp3) is 0.562. The van der Waals surface area contributed by atoms with Gasteiger partial charge in [-0.15, -0.1) is 0 Å². The molecule has 1 aromatic rings. The second-order valence-corrected chi connectivity index (χ2v) is 6.50. The van der Waals surface area contributed by atoms with E-state index < -0.39 is 11.7 Å². The molecule has 0 aliphatic carbocycles. The fourth-order valence-corrected chi connectivity index (χ4v) is 2.32. The van der Waals surface area contributed by atoms with E-state index >= 15 is 0 Å². The van der Waals surface area contributed by atoms with Gasteiger partial charge in [0.1, 0.15) is 11.4 Å². The predicted molar refractivity (Wildman–Crippen MR) is 86.1 cm³/mol. The Bertz CT molecular complexity index is 520. The first-order valence-electron chi connectivity index (χ1n) is 7.58. The average Bonchev–Trinajstić information content (AvgIpc) is 2.41. The largest absolute Gasteiger partial charge is 0.508 e. The number of ether oxygens (including phenoxy) is 1. The zero-order valence-corrected chi connectivity index (χ0v) is 13.5. The van der Waals surface area contributed by atoms with E-state index in [-0.39, 0.29) is 5.75 Å². The number of hydrogen-bond donors (Lipinski definition) is 3. The summed E-state index contributed by atoms with van der Waals surface area (Å²) in [6.07, 6.45) is -0.494. The van der Waals surface area contributed by atoms with Gasteiger partial charge in [-0.1, -0.05) is 0 Å². The van der Waals surface area contributed by atoms with Gasteiger partial charge in [0.2, 0.25) is 0 Å². The molecular formula is C16H25N3O3. The molecule has 6 nitrogen and oxygen atoms in total. The summed E-state index contributed by atoms with van der Waals surface area (Å²) in [5.74, 6) is 0.244. The molecule has 1 heterocycles. The van der Waals surface area contributed by atoms with E-state index in [1.54, 1.807) is 18.2 Å². The van der Waals surface area contributed by atoms with E-state index in [1.807, 2.05) is 20.8 Å². The smallest absolute Gasteiger partial charge is 0.412 e. The molecule has 1 aliphatic heterocycles. The number of hydrogen-bond acceptors (Lipinski definition) is 5. The number of phenolic OH excluding ortho intramolecular Hbond substituents is 1. The Hall–Kier alpha value is -1.79. The average molecular weight is 307 g/mol. The van der Waals surface area contributed by atoms with Crippen molar-refractivity contribution >= 4 is 11.8 Å². The highest BCUT2D eigenvalue weighted by molar-refractivity contribution is 5.85. The van der Waals surface area contributed by atoms with Gasteiger partial charge in [-0.25, -0.2) is 4.79 Å². The summed E-state index contributed by atoms with van der Waals surface area (Å²) >= 11 is 0. The third-order valence-corrected chi connectivity index (χ3v) is 3.33. The van der Waals surface area contributed by atoms with Gasteiger partial charge in [0, 0.05) is 44.0 Å². The van der Waals surface area contributed by atoms with Gasteiger partial charge < -0.3 is 15.2 Å². The number of nitrogens with one attached hydrogen (secondary N) is 2. The quantitative estimate of drug-likeness (QED) is 0.746. The lowest BCUT2D eigenvalue weighted by Gasteiger charge is -2.27. The number of piperazine rings is 1. The van der Waals surface area contributed by atoms with Gasteiger partial charge in [0.25, 0.3) is 0 Å². The Kier molecular flexibility index (Phi) is 5.26. The van der Waals surface area contributed by atoms with Gasteiger partial charge in [-0.05, 0) is 39.0 Å². The summed E-state index contributed by atoms with van der Waals surface area (Å²) in [6, 6.07) is 5.06. The molecule has 1 saturated heterocycles. The van der Waals surface area contributed by atoms with Crippen LogP contribution in [-0.4, -0.2) is 47.9 Å². The first kappa shape index (κ1) is 16.6. The van der Waals surface area contributed by atoms with Gasteiger partial charge in [-0.3, -0.25) is 10.2 Å². The molecule has 1 aromatic carbocycles. The highest BCUT2D eigenvalue weighted by atomic mass is 16.6. The van der Waals surface area contributed by atoms with Gasteiger partial charge >= 0.3 is 6.09 Å². The van der Waals surface area contributed by atoms with E-state index in [0.29, 0.717) is 12.2 Å². The highest BCUT2D eigenvalue weighted by Gasteiger charge is 2.17. The molecule has 122 valence electrons. The Morgan fingerprint density at radius 2 is 2.05 bits per heavy atom. The number of carbonyl (C=O) groups is 1. The number of phenols is 1. The van der Waals surface area contributed by atoms with E-state index in [9.17, 15) is 9.90 Å². The molecule has 1 amide bonds. The third kappa shape index (κ3) is 5.20. The molecule has 0 aromatic heterocycles. The Morgan fingerprint density at radius 1 is 1.36 bits per heavy atom. The van der Waals surface area contributed by atoms with E-state index in [2.05, 4.69) is 15.5 Å². The van der Waals surface area contributed by atoms with Gasteiger partial charge in [-0.2, -0.15) is 0 Å². The molecule has 0 atom stereocenters. The number of nitrogens with zero attached hydrogens (tertiary/aromatic N) is 1. The third-order valence-electron chi connectivity index (χ3n) is 3.33. The molecule has 1 fully saturated rings. The van der Waals surface area contributed by atoms with Crippen molar-refractivity contribution in [3.63, 3.8) is 0 Å². The minimum Gasteiger partial charge on any atom is -0.508 e. The zero-order chi connectivity index (χ0) is 16.2. The van der Waals surface area contributed by atoms with Crippen LogP contribution in [0.2, 0.25) is 0 Å². The summed E-state index contributed by atoms with van der Waals surface area (Å²) in [7, 11) is 0. The molecule has 0 bridgehead atoms. The van der Waals surface area contributed by atoms with Crippen LogP contribution in [0, 0.1) is 0 Å². The monoisotopic (exact) mass is 307 g/mol. The molecular weight excluding hydrogens is 282 g/mol. The lowest BCUT2D eigenvalue weighted by Crippen LogP contribution is -2.42. The van der Waals surface area contributed by atoms with Crippen LogP contribution >= 0.6 is 0 Å². The Morgan fingerprint density at radius 3 is 2.68 bits per heavy atom. The van der Waals surface area contributed by atoms with Crippen LogP contribution in [-0.2, 0) is 11.3 Å². The standard InChI is InChI=1S/C16H25N3O3/c1-16(2,3)22-15(21)18-13-4-5-14(20)12(10-13)11-19-8-6-17-7-9-19/h4-5,10,17,20H,6-9,11H2,1-3H3,(H,18,21). The highest BCUT2D eigenvalue weighted by Crippen LogP contribution is 2.23. The van der Waals surface area contributed by atoms with E-state index in [4.69, 9.17) is 4.74 Å². The zero-order valence-electron chi connectivity index (χ0n) is 13.5. The maximum atomic E-state index is 11.8. The van der Waals surface area contributed by atoms with Crippen molar-refractivity contribution in [1.82, 2.24) is 10.2 Å². The summed E-state index contributed by atoms with van der Waals surface area (Å²) in [6.45, 7) is 9.93. The molecule has 0 saturated carbocycles.